The molecule has 0 N–H and O–H groups in total. The van der Waals surface area contributed by atoms with Crippen LogP contribution < -0.4 is 0 Å². The Hall–Kier alpha value is -1.16. The zero-order chi connectivity index (χ0) is 10.6. The van der Waals surface area contributed by atoms with Crippen molar-refractivity contribution in [2.24, 2.45) is 13.0 Å². The van der Waals surface area contributed by atoms with E-state index in [9.17, 15) is 4.79 Å². The molecule has 0 aliphatic heterocycles. The molecule has 1 rings (SSSR count). The maximum atomic E-state index is 11.7. The molecule has 0 aromatic carbocycles. The minimum absolute atomic E-state index is 0.0233. The van der Waals surface area contributed by atoms with Gasteiger partial charge in [-0.3, -0.25) is 4.79 Å². The highest BCUT2D eigenvalue weighted by Crippen LogP contribution is 2.09. The molecule has 0 saturated carbocycles. The van der Waals surface area contributed by atoms with E-state index in [-0.39, 0.29) is 11.7 Å². The Balaban J connectivity index is 2.56. The summed E-state index contributed by atoms with van der Waals surface area (Å²) >= 11 is 0. The van der Waals surface area contributed by atoms with Gasteiger partial charge in [0.15, 0.2) is 5.78 Å². The monoisotopic (exact) mass is 196 g/mol. The molecule has 0 spiro atoms. The van der Waals surface area contributed by atoms with Gasteiger partial charge in [0, 0.05) is 32.9 Å². The van der Waals surface area contributed by atoms with Gasteiger partial charge in [-0.25, -0.2) is 4.98 Å². The number of aromatic nitrogens is 2. The van der Waals surface area contributed by atoms with E-state index in [1.807, 2.05) is 14.0 Å². The summed E-state index contributed by atoms with van der Waals surface area (Å²) in [5.74, 6) is 0.0625. The highest BCUT2D eigenvalue weighted by atomic mass is 16.5. The average molecular weight is 196 g/mol. The minimum atomic E-state index is -0.0233. The maximum absolute atomic E-state index is 11.7. The smallest absolute Gasteiger partial charge is 0.185 e. The number of aryl methyl sites for hydroxylation is 1. The van der Waals surface area contributed by atoms with Gasteiger partial charge in [0.1, 0.15) is 5.69 Å². The molecule has 78 valence electrons. The number of hydrogen-bond acceptors (Lipinski definition) is 3. The predicted octanol–water partition coefficient (Wildman–Crippen LogP) is 1.28. The van der Waals surface area contributed by atoms with Crippen molar-refractivity contribution in [1.29, 1.82) is 0 Å². The Labute approximate surface area is 83.9 Å². The number of nitrogens with zero attached hydrogens (tertiary/aromatic N) is 2. The lowest BCUT2D eigenvalue weighted by molar-refractivity contribution is 0.0889. The van der Waals surface area contributed by atoms with E-state index in [1.54, 1.807) is 24.2 Å². The van der Waals surface area contributed by atoms with Gasteiger partial charge < -0.3 is 9.30 Å². The fourth-order valence-electron chi connectivity index (χ4n) is 1.22. The van der Waals surface area contributed by atoms with E-state index < -0.39 is 0 Å². The first-order valence-corrected chi connectivity index (χ1v) is 4.66. The molecule has 0 saturated heterocycles. The number of carbonyl (C=O) groups excluding carboxylic acids is 1. The van der Waals surface area contributed by atoms with Crippen molar-refractivity contribution in [3.63, 3.8) is 0 Å². The van der Waals surface area contributed by atoms with Crippen LogP contribution in [0.4, 0.5) is 0 Å². The Morgan fingerprint density at radius 2 is 2.43 bits per heavy atom. The van der Waals surface area contributed by atoms with E-state index in [1.165, 1.54) is 0 Å². The summed E-state index contributed by atoms with van der Waals surface area (Å²) < 4.78 is 6.70. The van der Waals surface area contributed by atoms with Crippen LogP contribution in [0.2, 0.25) is 0 Å². The zero-order valence-corrected chi connectivity index (χ0v) is 8.86. The van der Waals surface area contributed by atoms with Gasteiger partial charge >= 0.3 is 0 Å². The third-order valence-electron chi connectivity index (χ3n) is 2.16. The number of rotatable bonds is 5. The molecule has 1 aromatic heterocycles. The fourth-order valence-corrected chi connectivity index (χ4v) is 1.22. The van der Waals surface area contributed by atoms with Crippen molar-refractivity contribution in [1.82, 2.24) is 9.55 Å². The average Bonchev–Trinajstić information content (AvgIpc) is 2.60. The normalized spacial score (nSPS) is 12.8. The minimum Gasteiger partial charge on any atom is -0.385 e. The van der Waals surface area contributed by atoms with Crippen molar-refractivity contribution < 1.29 is 9.53 Å². The van der Waals surface area contributed by atoms with Gasteiger partial charge in [-0.2, -0.15) is 0 Å². The molecule has 4 nitrogen and oxygen atoms in total. The molecule has 0 fully saturated rings. The van der Waals surface area contributed by atoms with Crippen LogP contribution in [0, 0.1) is 5.92 Å². The number of methoxy groups -OCH3 is 1. The van der Waals surface area contributed by atoms with E-state index in [0.717, 1.165) is 6.42 Å². The van der Waals surface area contributed by atoms with E-state index in [4.69, 9.17) is 4.74 Å². The SMILES string of the molecule is COCCC(C)C(=O)c1cn(C)cn1. The van der Waals surface area contributed by atoms with E-state index in [0.29, 0.717) is 12.3 Å². The van der Waals surface area contributed by atoms with Crippen LogP contribution in [0.5, 0.6) is 0 Å². The number of ketones is 1. The van der Waals surface area contributed by atoms with Gasteiger partial charge in [-0.1, -0.05) is 6.92 Å². The Bertz CT molecular complexity index is 307. The molecule has 0 bridgehead atoms. The van der Waals surface area contributed by atoms with Gasteiger partial charge in [-0.15, -0.1) is 0 Å². The molecule has 4 heteroatoms. The van der Waals surface area contributed by atoms with Crippen molar-refractivity contribution in [3.8, 4) is 0 Å². The van der Waals surface area contributed by atoms with Crippen LogP contribution in [0.3, 0.4) is 0 Å². The summed E-state index contributed by atoms with van der Waals surface area (Å²) in [4.78, 5) is 15.7. The Morgan fingerprint density at radius 1 is 1.71 bits per heavy atom. The first-order valence-electron chi connectivity index (χ1n) is 4.66. The number of Topliss-reactive ketones (excluding diaryl/α,β-unsaturated/α-hetero) is 1. The number of imidazole rings is 1. The number of carbonyl (C=O) groups is 1. The lowest BCUT2D eigenvalue weighted by Crippen LogP contribution is -2.13. The Morgan fingerprint density at radius 3 is 2.93 bits per heavy atom. The van der Waals surface area contributed by atoms with Crippen molar-refractivity contribution in [3.05, 3.63) is 18.2 Å². The standard InChI is InChI=1S/C10H16N2O2/c1-8(4-5-14-3)10(13)9-6-12(2)7-11-9/h6-8H,4-5H2,1-3H3. The van der Waals surface area contributed by atoms with Crippen LogP contribution in [-0.2, 0) is 11.8 Å². The van der Waals surface area contributed by atoms with Crippen LogP contribution in [-0.4, -0.2) is 29.1 Å². The summed E-state index contributed by atoms with van der Waals surface area (Å²) in [7, 11) is 3.49. The summed E-state index contributed by atoms with van der Waals surface area (Å²) in [6, 6.07) is 0. The highest BCUT2D eigenvalue weighted by Gasteiger charge is 2.16. The first-order chi connectivity index (χ1) is 6.65. The summed E-state index contributed by atoms with van der Waals surface area (Å²) in [5.41, 5.74) is 0.538. The van der Waals surface area contributed by atoms with Gasteiger partial charge in [0.05, 0.1) is 6.33 Å². The van der Waals surface area contributed by atoms with Gasteiger partial charge in [0.2, 0.25) is 0 Å². The molecule has 1 unspecified atom stereocenters. The summed E-state index contributed by atoms with van der Waals surface area (Å²) in [6.07, 6.45) is 4.12. The third kappa shape index (κ3) is 2.67. The molecule has 0 amide bonds. The quantitative estimate of drug-likeness (QED) is 0.666. The van der Waals surface area contributed by atoms with Crippen molar-refractivity contribution in [2.45, 2.75) is 13.3 Å². The van der Waals surface area contributed by atoms with E-state index >= 15 is 0 Å². The second kappa shape index (κ2) is 4.91. The third-order valence-corrected chi connectivity index (χ3v) is 2.16. The molecule has 0 radical (unpaired) electrons. The molecular formula is C10H16N2O2. The summed E-state index contributed by atoms with van der Waals surface area (Å²) in [6.45, 7) is 2.51. The van der Waals surface area contributed by atoms with Crippen LogP contribution in [0.1, 0.15) is 23.8 Å². The van der Waals surface area contributed by atoms with Crippen molar-refractivity contribution >= 4 is 5.78 Å². The molecule has 0 aliphatic carbocycles. The molecule has 1 heterocycles. The second-order valence-electron chi connectivity index (χ2n) is 3.47. The van der Waals surface area contributed by atoms with Gasteiger partial charge in [0.25, 0.3) is 0 Å². The Kier molecular flexibility index (Phi) is 3.83. The van der Waals surface area contributed by atoms with Crippen LogP contribution >= 0.6 is 0 Å². The van der Waals surface area contributed by atoms with Crippen LogP contribution in [0.25, 0.3) is 0 Å². The number of hydrogen-bond donors (Lipinski definition) is 0. The van der Waals surface area contributed by atoms with E-state index in [2.05, 4.69) is 4.98 Å². The lowest BCUT2D eigenvalue weighted by atomic mass is 10.0. The largest absolute Gasteiger partial charge is 0.385 e. The maximum Gasteiger partial charge on any atom is 0.185 e. The predicted molar refractivity (Wildman–Crippen MR) is 53.2 cm³/mol. The second-order valence-corrected chi connectivity index (χ2v) is 3.47. The van der Waals surface area contributed by atoms with Crippen LogP contribution in [0.15, 0.2) is 12.5 Å². The fraction of sp³-hybridized carbons (Fsp3) is 0.600. The van der Waals surface area contributed by atoms with Crippen molar-refractivity contribution in [2.75, 3.05) is 13.7 Å². The highest BCUT2D eigenvalue weighted by molar-refractivity contribution is 5.95. The number of ether oxygens (including phenoxy) is 1. The first kappa shape index (κ1) is 10.9. The molecule has 1 atom stereocenters. The molecule has 0 aliphatic rings. The molecule has 1 aromatic rings. The van der Waals surface area contributed by atoms with Gasteiger partial charge in [-0.05, 0) is 6.42 Å². The topological polar surface area (TPSA) is 44.1 Å². The zero-order valence-electron chi connectivity index (χ0n) is 8.86. The summed E-state index contributed by atoms with van der Waals surface area (Å²) in [5, 5.41) is 0. The molecule has 14 heavy (non-hydrogen) atoms. The molecular weight excluding hydrogens is 180 g/mol. The lowest BCUT2D eigenvalue weighted by Gasteiger charge is -2.06.